The second-order valence-corrected chi connectivity index (χ2v) is 6.25. The second-order valence-electron chi connectivity index (χ2n) is 6.25. The van der Waals surface area contributed by atoms with Crippen LogP contribution in [0.25, 0.3) is 16.5 Å². The standard InChI is InChI=1S/C15H20BN3O3/c1-14(2)15(3,4)22-16(21-14)12(10-20)8-11-6-5-7-13(9-11)18-19-17/h5-9,20H,10H2,1-4H3. The lowest BCUT2D eigenvalue weighted by Gasteiger charge is -2.32. The van der Waals surface area contributed by atoms with Crippen molar-refractivity contribution in [2.24, 2.45) is 5.11 Å². The van der Waals surface area contributed by atoms with Crippen LogP contribution in [0.15, 0.2) is 34.9 Å². The van der Waals surface area contributed by atoms with Crippen molar-refractivity contribution in [3.8, 4) is 0 Å². The molecule has 1 heterocycles. The minimum absolute atomic E-state index is 0.178. The Kier molecular flexibility index (Phi) is 4.63. The van der Waals surface area contributed by atoms with Gasteiger partial charge in [0.15, 0.2) is 0 Å². The summed E-state index contributed by atoms with van der Waals surface area (Å²) in [4.78, 5) is 2.77. The van der Waals surface area contributed by atoms with Gasteiger partial charge in [0.05, 0.1) is 17.8 Å². The summed E-state index contributed by atoms with van der Waals surface area (Å²) in [5, 5.41) is 13.2. The lowest BCUT2D eigenvalue weighted by atomic mass is 9.77. The summed E-state index contributed by atoms with van der Waals surface area (Å²) < 4.78 is 11.9. The van der Waals surface area contributed by atoms with Crippen LogP contribution in [0.1, 0.15) is 33.3 Å². The summed E-state index contributed by atoms with van der Waals surface area (Å²) in [7, 11) is -0.599. The molecule has 1 aromatic carbocycles. The van der Waals surface area contributed by atoms with Crippen LogP contribution in [0, 0.1) is 0 Å². The zero-order valence-corrected chi connectivity index (χ0v) is 13.3. The van der Waals surface area contributed by atoms with Crippen molar-refractivity contribution < 1.29 is 14.4 Å². The Morgan fingerprint density at radius 1 is 1.32 bits per heavy atom. The first-order valence-electron chi connectivity index (χ1n) is 7.11. The number of aliphatic hydroxyl groups is 1. The minimum Gasteiger partial charge on any atom is -0.400 e. The molecule has 1 aliphatic heterocycles. The van der Waals surface area contributed by atoms with Crippen molar-refractivity contribution >= 4 is 18.9 Å². The van der Waals surface area contributed by atoms with Gasteiger partial charge in [0.1, 0.15) is 0 Å². The number of hydrogen-bond donors (Lipinski definition) is 1. The zero-order chi connectivity index (χ0) is 16.4. The predicted octanol–water partition coefficient (Wildman–Crippen LogP) is 3.64. The van der Waals surface area contributed by atoms with Crippen LogP contribution in [-0.2, 0) is 9.31 Å². The molecule has 2 rings (SSSR count). The molecule has 0 aromatic heterocycles. The molecule has 7 heteroatoms. The first-order chi connectivity index (χ1) is 10.3. The average molecular weight is 301 g/mol. The zero-order valence-electron chi connectivity index (χ0n) is 13.3. The smallest absolute Gasteiger partial charge is 0.400 e. The lowest BCUT2D eigenvalue weighted by Crippen LogP contribution is -2.41. The summed E-state index contributed by atoms with van der Waals surface area (Å²) in [5.41, 5.74) is 9.52. The van der Waals surface area contributed by atoms with Gasteiger partial charge in [-0.15, -0.1) is 0 Å². The third kappa shape index (κ3) is 3.34. The molecule has 1 aromatic rings. The van der Waals surface area contributed by atoms with E-state index in [1.54, 1.807) is 24.3 Å². The van der Waals surface area contributed by atoms with Gasteiger partial charge >= 0.3 is 7.12 Å². The normalized spacial score (nSPS) is 19.9. The van der Waals surface area contributed by atoms with Crippen LogP contribution in [0.3, 0.4) is 0 Å². The molecule has 0 amide bonds. The quantitative estimate of drug-likeness (QED) is 0.398. The Morgan fingerprint density at radius 2 is 1.95 bits per heavy atom. The predicted molar refractivity (Wildman–Crippen MR) is 86.4 cm³/mol. The molecule has 0 aliphatic carbocycles. The van der Waals surface area contributed by atoms with E-state index in [-0.39, 0.29) is 6.61 Å². The van der Waals surface area contributed by atoms with Crippen molar-refractivity contribution in [3.63, 3.8) is 0 Å². The van der Waals surface area contributed by atoms with Gasteiger partial charge < -0.3 is 14.4 Å². The fourth-order valence-corrected chi connectivity index (χ4v) is 2.13. The molecular weight excluding hydrogens is 281 g/mol. The van der Waals surface area contributed by atoms with Crippen molar-refractivity contribution in [1.29, 1.82) is 0 Å². The van der Waals surface area contributed by atoms with Gasteiger partial charge in [-0.3, -0.25) is 0 Å². The van der Waals surface area contributed by atoms with Crippen LogP contribution in [0.2, 0.25) is 0 Å². The fourth-order valence-electron chi connectivity index (χ4n) is 2.13. The number of hydrogen-bond acceptors (Lipinski definition) is 4. The Balaban J connectivity index is 2.29. The first kappa shape index (κ1) is 16.6. The highest BCUT2D eigenvalue weighted by Gasteiger charge is 2.52. The molecule has 0 unspecified atom stereocenters. The van der Waals surface area contributed by atoms with E-state index < -0.39 is 18.3 Å². The third-order valence-electron chi connectivity index (χ3n) is 4.12. The largest absolute Gasteiger partial charge is 0.492 e. The van der Waals surface area contributed by atoms with E-state index in [1.807, 2.05) is 33.8 Å². The van der Waals surface area contributed by atoms with E-state index in [0.717, 1.165) is 5.56 Å². The molecule has 0 atom stereocenters. The molecule has 0 bridgehead atoms. The maximum Gasteiger partial charge on any atom is 0.492 e. The van der Waals surface area contributed by atoms with E-state index in [1.165, 1.54) is 0 Å². The Hall–Kier alpha value is -1.79. The van der Waals surface area contributed by atoms with Crippen LogP contribution in [-0.4, -0.2) is 30.0 Å². The summed E-state index contributed by atoms with van der Waals surface area (Å²) in [6.45, 7) is 7.67. The number of azide groups is 1. The maximum absolute atomic E-state index is 9.65. The summed E-state index contributed by atoms with van der Waals surface area (Å²) in [6.07, 6.45) is 1.79. The van der Waals surface area contributed by atoms with E-state index in [2.05, 4.69) is 10.0 Å². The van der Waals surface area contributed by atoms with Crippen LogP contribution < -0.4 is 0 Å². The van der Waals surface area contributed by atoms with Gasteiger partial charge in [-0.2, -0.15) is 0 Å². The average Bonchev–Trinajstić information content (AvgIpc) is 2.65. The van der Waals surface area contributed by atoms with Crippen molar-refractivity contribution in [1.82, 2.24) is 0 Å². The molecule has 22 heavy (non-hydrogen) atoms. The number of benzene rings is 1. The van der Waals surface area contributed by atoms with Crippen molar-refractivity contribution in [2.75, 3.05) is 6.61 Å². The minimum atomic E-state index is -0.599. The maximum atomic E-state index is 9.65. The fraction of sp³-hybridized carbons (Fsp3) is 0.467. The monoisotopic (exact) mass is 301 g/mol. The molecule has 1 N–H and O–H groups in total. The molecule has 0 saturated carbocycles. The Labute approximate surface area is 130 Å². The highest BCUT2D eigenvalue weighted by Crippen LogP contribution is 2.38. The third-order valence-corrected chi connectivity index (χ3v) is 4.12. The number of rotatable bonds is 4. The van der Waals surface area contributed by atoms with E-state index in [9.17, 15) is 5.11 Å². The highest BCUT2D eigenvalue weighted by atomic mass is 16.7. The molecular formula is C15H20BN3O3. The van der Waals surface area contributed by atoms with Gasteiger partial charge in [0, 0.05) is 10.6 Å². The van der Waals surface area contributed by atoms with Crippen LogP contribution in [0.4, 0.5) is 5.69 Å². The number of aliphatic hydroxyl groups excluding tert-OH is 1. The second kappa shape index (κ2) is 6.14. The summed E-state index contributed by atoms with van der Waals surface area (Å²) >= 11 is 0. The number of nitrogens with zero attached hydrogens (tertiary/aromatic N) is 3. The molecule has 0 spiro atoms. The topological polar surface area (TPSA) is 87.5 Å². The van der Waals surface area contributed by atoms with Gasteiger partial charge in [0.2, 0.25) is 0 Å². The molecule has 1 saturated heterocycles. The molecule has 116 valence electrons. The SMILES string of the molecule is CC1(C)OB(C(=Cc2cccc(N=[N+]=[N-])c2)CO)OC1(C)C. The van der Waals surface area contributed by atoms with E-state index in [4.69, 9.17) is 14.8 Å². The van der Waals surface area contributed by atoms with Crippen LogP contribution in [0.5, 0.6) is 0 Å². The molecule has 1 fully saturated rings. The lowest BCUT2D eigenvalue weighted by molar-refractivity contribution is 0.00578. The van der Waals surface area contributed by atoms with E-state index in [0.29, 0.717) is 11.2 Å². The molecule has 6 nitrogen and oxygen atoms in total. The van der Waals surface area contributed by atoms with Gasteiger partial charge in [-0.25, -0.2) is 0 Å². The van der Waals surface area contributed by atoms with Gasteiger partial charge in [0.25, 0.3) is 0 Å². The van der Waals surface area contributed by atoms with Gasteiger partial charge in [-0.05, 0) is 50.3 Å². The molecule has 1 aliphatic rings. The summed E-state index contributed by atoms with van der Waals surface area (Å²) in [6, 6.07) is 7.09. The van der Waals surface area contributed by atoms with Gasteiger partial charge in [-0.1, -0.05) is 29.4 Å². The highest BCUT2D eigenvalue weighted by molar-refractivity contribution is 6.55. The van der Waals surface area contributed by atoms with Crippen LogP contribution >= 0.6 is 0 Å². The van der Waals surface area contributed by atoms with Crippen molar-refractivity contribution in [3.05, 3.63) is 45.7 Å². The van der Waals surface area contributed by atoms with Crippen molar-refractivity contribution in [2.45, 2.75) is 38.9 Å². The molecule has 0 radical (unpaired) electrons. The Morgan fingerprint density at radius 3 is 2.50 bits per heavy atom. The first-order valence-corrected chi connectivity index (χ1v) is 7.11. The summed E-state index contributed by atoms with van der Waals surface area (Å²) in [5.74, 6) is 0. The Bertz CT molecular complexity index is 621. The van der Waals surface area contributed by atoms with E-state index >= 15 is 0 Å².